The lowest BCUT2D eigenvalue weighted by Crippen LogP contribution is -2.34. The zero-order valence-electron chi connectivity index (χ0n) is 10.9. The van der Waals surface area contributed by atoms with Crippen molar-refractivity contribution in [3.63, 3.8) is 0 Å². The predicted molar refractivity (Wildman–Crippen MR) is 69.6 cm³/mol. The largest absolute Gasteiger partial charge is 0.453 e. The third-order valence-electron chi connectivity index (χ3n) is 3.69. The van der Waals surface area contributed by atoms with Crippen LogP contribution in [-0.4, -0.2) is 29.4 Å². The van der Waals surface area contributed by atoms with Crippen molar-refractivity contribution in [2.24, 2.45) is 0 Å². The summed E-state index contributed by atoms with van der Waals surface area (Å²) in [5.74, 6) is -0.500. The van der Waals surface area contributed by atoms with Gasteiger partial charge in [0.25, 0.3) is 0 Å². The van der Waals surface area contributed by atoms with E-state index in [1.807, 2.05) is 18.2 Å². The molecule has 1 aliphatic heterocycles. The molecule has 20 heavy (non-hydrogen) atoms. The summed E-state index contributed by atoms with van der Waals surface area (Å²) in [7, 11) is 0. The number of hydrogen-bond acceptors (Lipinski definition) is 4. The summed E-state index contributed by atoms with van der Waals surface area (Å²) in [6.07, 6.45) is 1.50. The fourth-order valence-electron chi connectivity index (χ4n) is 2.53. The Morgan fingerprint density at radius 3 is 2.85 bits per heavy atom. The third-order valence-corrected chi connectivity index (χ3v) is 3.69. The first-order valence-electron chi connectivity index (χ1n) is 6.67. The van der Waals surface area contributed by atoms with Crippen molar-refractivity contribution in [3.8, 4) is 6.07 Å². The lowest BCUT2D eigenvalue weighted by Gasteiger charge is -2.20. The van der Waals surface area contributed by atoms with Crippen LogP contribution in [0.15, 0.2) is 24.3 Å². The number of rotatable bonds is 4. The maximum Gasteiger partial charge on any atom is 0.339 e. The number of benzene rings is 1. The van der Waals surface area contributed by atoms with Crippen LogP contribution in [0.1, 0.15) is 41.3 Å². The monoisotopic (exact) mass is 270 g/mol. The number of nitriles is 1. The average Bonchev–Trinajstić information content (AvgIpc) is 3.23. The van der Waals surface area contributed by atoms with E-state index in [0.29, 0.717) is 5.56 Å². The Balaban J connectivity index is 1.74. The van der Waals surface area contributed by atoms with Gasteiger partial charge in [0, 0.05) is 11.6 Å². The van der Waals surface area contributed by atoms with Crippen molar-refractivity contribution in [3.05, 3.63) is 35.4 Å². The number of fused-ring (bicyclic) bond motifs is 1. The summed E-state index contributed by atoms with van der Waals surface area (Å²) in [5.41, 5.74) is 1.29. The van der Waals surface area contributed by atoms with Crippen LogP contribution >= 0.6 is 0 Å². The molecule has 3 rings (SSSR count). The molecule has 0 spiro atoms. The van der Waals surface area contributed by atoms with Gasteiger partial charge < -0.3 is 9.64 Å². The van der Waals surface area contributed by atoms with E-state index in [1.54, 1.807) is 17.0 Å². The molecule has 0 bridgehead atoms. The maximum atomic E-state index is 12.3. The molecule has 1 heterocycles. The molecule has 1 aromatic rings. The SMILES string of the molecule is N#CCN(C(=O)C[C@H]1OC(=O)c2ccccc21)C1CC1. The zero-order valence-corrected chi connectivity index (χ0v) is 10.9. The Morgan fingerprint density at radius 2 is 2.15 bits per heavy atom. The van der Waals surface area contributed by atoms with E-state index in [0.717, 1.165) is 18.4 Å². The fraction of sp³-hybridized carbons (Fsp3) is 0.400. The van der Waals surface area contributed by atoms with Gasteiger partial charge in [-0.25, -0.2) is 4.79 Å². The molecule has 1 atom stereocenters. The molecule has 5 heteroatoms. The van der Waals surface area contributed by atoms with Gasteiger partial charge in [-0.3, -0.25) is 4.79 Å². The highest BCUT2D eigenvalue weighted by atomic mass is 16.5. The lowest BCUT2D eigenvalue weighted by molar-refractivity contribution is -0.133. The second-order valence-corrected chi connectivity index (χ2v) is 5.10. The first-order valence-corrected chi connectivity index (χ1v) is 6.67. The second-order valence-electron chi connectivity index (χ2n) is 5.10. The van der Waals surface area contributed by atoms with Gasteiger partial charge in [0.15, 0.2) is 0 Å². The van der Waals surface area contributed by atoms with Crippen molar-refractivity contribution in [2.75, 3.05) is 6.54 Å². The standard InChI is InChI=1S/C15H14N2O3/c16-7-8-17(10-5-6-10)14(18)9-13-11-3-1-2-4-12(11)15(19)20-13/h1-4,10,13H,5-6,8-9H2/t13-/m1/s1. The molecule has 1 aromatic carbocycles. The fourth-order valence-corrected chi connectivity index (χ4v) is 2.53. The molecule has 1 amide bonds. The molecule has 1 saturated carbocycles. The Morgan fingerprint density at radius 1 is 1.40 bits per heavy atom. The molecular weight excluding hydrogens is 256 g/mol. The minimum absolute atomic E-state index is 0.103. The molecular formula is C15H14N2O3. The van der Waals surface area contributed by atoms with Gasteiger partial charge in [-0.15, -0.1) is 0 Å². The summed E-state index contributed by atoms with van der Waals surface area (Å²) in [4.78, 5) is 25.6. The normalized spacial score (nSPS) is 19.9. The highest BCUT2D eigenvalue weighted by molar-refractivity contribution is 5.94. The van der Waals surface area contributed by atoms with E-state index in [4.69, 9.17) is 10.00 Å². The molecule has 2 aliphatic rings. The van der Waals surface area contributed by atoms with Crippen LogP contribution in [0.25, 0.3) is 0 Å². The molecule has 0 aromatic heterocycles. The molecule has 1 fully saturated rings. The van der Waals surface area contributed by atoms with Crippen molar-refractivity contribution in [1.29, 1.82) is 5.26 Å². The van der Waals surface area contributed by atoms with E-state index in [1.165, 1.54) is 0 Å². The van der Waals surface area contributed by atoms with Crippen LogP contribution in [0, 0.1) is 11.3 Å². The smallest absolute Gasteiger partial charge is 0.339 e. The highest BCUT2D eigenvalue weighted by Gasteiger charge is 2.37. The molecule has 0 saturated heterocycles. The maximum absolute atomic E-state index is 12.3. The van der Waals surface area contributed by atoms with Gasteiger partial charge in [0.05, 0.1) is 18.1 Å². The number of amides is 1. The van der Waals surface area contributed by atoms with Crippen LogP contribution < -0.4 is 0 Å². The number of cyclic esters (lactones) is 1. The quantitative estimate of drug-likeness (QED) is 0.618. The minimum atomic E-state index is -0.522. The Bertz CT molecular complexity index is 601. The summed E-state index contributed by atoms with van der Waals surface area (Å²) in [5, 5.41) is 8.79. The Kier molecular flexibility index (Phi) is 3.15. The summed E-state index contributed by atoms with van der Waals surface area (Å²) >= 11 is 0. The van der Waals surface area contributed by atoms with Gasteiger partial charge in [-0.2, -0.15) is 5.26 Å². The predicted octanol–water partition coefficient (Wildman–Crippen LogP) is 1.80. The molecule has 0 radical (unpaired) electrons. The highest BCUT2D eigenvalue weighted by Crippen LogP contribution is 2.34. The van der Waals surface area contributed by atoms with Crippen molar-refractivity contribution in [2.45, 2.75) is 31.4 Å². The van der Waals surface area contributed by atoms with Crippen LogP contribution in [0.2, 0.25) is 0 Å². The first-order chi connectivity index (χ1) is 9.70. The van der Waals surface area contributed by atoms with Gasteiger partial charge in [-0.05, 0) is 18.9 Å². The van der Waals surface area contributed by atoms with Crippen molar-refractivity contribution >= 4 is 11.9 Å². The van der Waals surface area contributed by atoms with Crippen LogP contribution in [0.5, 0.6) is 0 Å². The second kappa shape index (κ2) is 4.97. The number of esters is 1. The van der Waals surface area contributed by atoms with Gasteiger partial charge >= 0.3 is 5.97 Å². The minimum Gasteiger partial charge on any atom is -0.453 e. The van der Waals surface area contributed by atoms with Gasteiger partial charge in [-0.1, -0.05) is 18.2 Å². The number of ether oxygens (including phenoxy) is 1. The number of carbonyl (C=O) groups excluding carboxylic acids is 2. The third kappa shape index (κ3) is 2.25. The van der Waals surface area contributed by atoms with E-state index in [9.17, 15) is 9.59 Å². The van der Waals surface area contributed by atoms with Crippen molar-refractivity contribution < 1.29 is 14.3 Å². The van der Waals surface area contributed by atoms with Crippen LogP contribution in [0.4, 0.5) is 0 Å². The summed E-state index contributed by atoms with van der Waals surface area (Å²) in [6.45, 7) is 0.103. The number of nitrogens with zero attached hydrogens (tertiary/aromatic N) is 2. The van der Waals surface area contributed by atoms with Crippen LogP contribution in [0.3, 0.4) is 0 Å². The van der Waals surface area contributed by atoms with E-state index >= 15 is 0 Å². The number of carbonyl (C=O) groups is 2. The van der Waals surface area contributed by atoms with Crippen LogP contribution in [-0.2, 0) is 9.53 Å². The topological polar surface area (TPSA) is 70.4 Å². The first kappa shape index (κ1) is 12.7. The molecule has 0 unspecified atom stereocenters. The summed E-state index contributed by atoms with van der Waals surface area (Å²) in [6, 6.07) is 9.32. The molecule has 1 aliphatic carbocycles. The van der Waals surface area contributed by atoms with Gasteiger partial charge in [0.1, 0.15) is 12.6 Å². The van der Waals surface area contributed by atoms with Crippen molar-refractivity contribution in [1.82, 2.24) is 4.90 Å². The van der Waals surface area contributed by atoms with Gasteiger partial charge in [0.2, 0.25) is 5.91 Å². The molecule has 5 nitrogen and oxygen atoms in total. The van der Waals surface area contributed by atoms with E-state index < -0.39 is 6.10 Å². The number of hydrogen-bond donors (Lipinski definition) is 0. The molecule has 0 N–H and O–H groups in total. The average molecular weight is 270 g/mol. The Hall–Kier alpha value is -2.35. The van der Waals surface area contributed by atoms with E-state index in [2.05, 4.69) is 0 Å². The van der Waals surface area contributed by atoms with E-state index in [-0.39, 0.29) is 30.9 Å². The Labute approximate surface area is 116 Å². The zero-order chi connectivity index (χ0) is 14.1. The molecule has 102 valence electrons. The lowest BCUT2D eigenvalue weighted by atomic mass is 10.0. The summed E-state index contributed by atoms with van der Waals surface area (Å²) < 4.78 is 5.26.